The molecule has 0 aromatic heterocycles. The summed E-state index contributed by atoms with van der Waals surface area (Å²) in [5.41, 5.74) is 1.40. The molecule has 0 radical (unpaired) electrons. The second-order valence-corrected chi connectivity index (χ2v) is 4.58. The van der Waals surface area contributed by atoms with Crippen LogP contribution in [0.5, 0.6) is 0 Å². The lowest BCUT2D eigenvalue weighted by atomic mass is 9.92. The minimum absolute atomic E-state index is 0.532. The molecule has 0 nitrogen and oxygen atoms in total. The maximum absolute atomic E-state index is 3.94. The van der Waals surface area contributed by atoms with Gasteiger partial charge in [0.1, 0.15) is 0 Å². The fraction of sp³-hybridized carbons (Fsp3) is 0.467. The number of hydrogen-bond acceptors (Lipinski definition) is 0. The van der Waals surface area contributed by atoms with E-state index in [1.807, 2.05) is 0 Å². The Hall–Kier alpha value is -1.04. The summed E-state index contributed by atoms with van der Waals surface area (Å²) in [6.07, 6.45) is 5.92. The van der Waals surface area contributed by atoms with E-state index in [1.54, 1.807) is 0 Å². The number of rotatable bonds is 6. The third kappa shape index (κ3) is 4.33. The van der Waals surface area contributed by atoms with Gasteiger partial charge < -0.3 is 0 Å². The molecule has 0 N–H and O–H groups in total. The number of benzene rings is 1. The first-order valence-electron chi connectivity index (χ1n) is 5.91. The molecule has 82 valence electrons. The molecule has 0 aliphatic heterocycles. The molecule has 1 aromatic carbocycles. The number of hydrogen-bond donors (Lipinski definition) is 0. The Morgan fingerprint density at radius 1 is 1.13 bits per heavy atom. The Bertz CT molecular complexity index is 271. The van der Waals surface area contributed by atoms with Crippen LogP contribution in [0.4, 0.5) is 0 Å². The van der Waals surface area contributed by atoms with E-state index < -0.39 is 0 Å². The van der Waals surface area contributed by atoms with Crippen molar-refractivity contribution in [3.8, 4) is 0 Å². The molecule has 1 unspecified atom stereocenters. The van der Waals surface area contributed by atoms with Crippen LogP contribution in [0.3, 0.4) is 0 Å². The van der Waals surface area contributed by atoms with Crippen molar-refractivity contribution in [1.29, 1.82) is 0 Å². The molecule has 0 aliphatic carbocycles. The predicted octanol–water partition coefficient (Wildman–Crippen LogP) is 4.78. The second-order valence-electron chi connectivity index (χ2n) is 4.58. The van der Waals surface area contributed by atoms with Crippen LogP contribution in [0.25, 0.3) is 0 Å². The average Bonchev–Trinajstić information content (AvgIpc) is 2.25. The summed E-state index contributed by atoms with van der Waals surface area (Å²) in [6.45, 7) is 8.50. The molecule has 0 heterocycles. The van der Waals surface area contributed by atoms with E-state index in [9.17, 15) is 0 Å². The minimum Gasteiger partial charge on any atom is -0.102 e. The molecule has 0 saturated carbocycles. The van der Waals surface area contributed by atoms with Crippen LogP contribution in [0.2, 0.25) is 0 Å². The van der Waals surface area contributed by atoms with Gasteiger partial charge in [0, 0.05) is 5.92 Å². The van der Waals surface area contributed by atoms with Crippen molar-refractivity contribution < 1.29 is 0 Å². The van der Waals surface area contributed by atoms with Gasteiger partial charge >= 0.3 is 0 Å². The van der Waals surface area contributed by atoms with Gasteiger partial charge in [-0.3, -0.25) is 0 Å². The van der Waals surface area contributed by atoms with Crippen LogP contribution in [0.15, 0.2) is 43.0 Å². The Morgan fingerprint density at radius 3 is 2.33 bits per heavy atom. The zero-order valence-corrected chi connectivity index (χ0v) is 9.95. The van der Waals surface area contributed by atoms with Gasteiger partial charge in [-0.2, -0.15) is 0 Å². The van der Waals surface area contributed by atoms with Crippen molar-refractivity contribution in [3.63, 3.8) is 0 Å². The molecule has 0 heteroatoms. The van der Waals surface area contributed by atoms with Crippen molar-refractivity contribution in [2.75, 3.05) is 0 Å². The highest BCUT2D eigenvalue weighted by molar-refractivity contribution is 5.22. The summed E-state index contributed by atoms with van der Waals surface area (Å²) in [4.78, 5) is 0. The highest BCUT2D eigenvalue weighted by Gasteiger charge is 2.06. The van der Waals surface area contributed by atoms with Crippen molar-refractivity contribution >= 4 is 0 Å². The molecule has 15 heavy (non-hydrogen) atoms. The van der Waals surface area contributed by atoms with Gasteiger partial charge in [-0.25, -0.2) is 0 Å². The summed E-state index contributed by atoms with van der Waals surface area (Å²) in [5, 5.41) is 0. The maximum atomic E-state index is 3.94. The summed E-state index contributed by atoms with van der Waals surface area (Å²) < 4.78 is 0. The van der Waals surface area contributed by atoms with Gasteiger partial charge in [0.25, 0.3) is 0 Å². The Kier molecular flexibility index (Phi) is 5.17. The molecule has 1 aromatic rings. The lowest BCUT2D eigenvalue weighted by molar-refractivity contribution is 0.524. The minimum atomic E-state index is 0.532. The normalized spacial score (nSPS) is 12.7. The molecular weight excluding hydrogens is 180 g/mol. The zero-order chi connectivity index (χ0) is 11.1. The summed E-state index contributed by atoms with van der Waals surface area (Å²) in [7, 11) is 0. The lowest BCUT2D eigenvalue weighted by Crippen LogP contribution is -1.96. The van der Waals surface area contributed by atoms with E-state index in [4.69, 9.17) is 0 Å². The predicted molar refractivity (Wildman–Crippen MR) is 68.1 cm³/mol. The first-order valence-corrected chi connectivity index (χ1v) is 5.91. The fourth-order valence-corrected chi connectivity index (χ4v) is 1.87. The van der Waals surface area contributed by atoms with Crippen LogP contribution in [0.1, 0.15) is 44.6 Å². The first kappa shape index (κ1) is 12.0. The van der Waals surface area contributed by atoms with Crippen LogP contribution >= 0.6 is 0 Å². The molecule has 0 saturated heterocycles. The smallest absolute Gasteiger partial charge is 0.00152 e. The molecule has 0 aliphatic rings. The molecular formula is C15H22. The van der Waals surface area contributed by atoms with Crippen LogP contribution < -0.4 is 0 Å². The summed E-state index contributed by atoms with van der Waals surface area (Å²) in [6, 6.07) is 10.7. The van der Waals surface area contributed by atoms with Gasteiger partial charge in [-0.05, 0) is 17.9 Å². The van der Waals surface area contributed by atoms with E-state index in [2.05, 4.69) is 56.8 Å². The highest BCUT2D eigenvalue weighted by atomic mass is 14.1. The zero-order valence-electron chi connectivity index (χ0n) is 9.95. The van der Waals surface area contributed by atoms with Gasteiger partial charge in [-0.1, -0.05) is 63.1 Å². The average molecular weight is 202 g/mol. The topological polar surface area (TPSA) is 0 Å². The largest absolute Gasteiger partial charge is 0.102 e. The van der Waals surface area contributed by atoms with E-state index in [0.29, 0.717) is 5.92 Å². The molecule has 0 amide bonds. The Labute approximate surface area is 94.0 Å². The van der Waals surface area contributed by atoms with Crippen molar-refractivity contribution in [2.45, 2.75) is 39.0 Å². The molecule has 0 fully saturated rings. The van der Waals surface area contributed by atoms with Crippen LogP contribution in [-0.4, -0.2) is 0 Å². The quantitative estimate of drug-likeness (QED) is 0.582. The maximum Gasteiger partial charge on any atom is 0.00152 e. The third-order valence-corrected chi connectivity index (χ3v) is 2.81. The molecule has 1 rings (SSSR count). The highest BCUT2D eigenvalue weighted by Crippen LogP contribution is 2.23. The van der Waals surface area contributed by atoms with E-state index in [0.717, 1.165) is 5.92 Å². The first-order chi connectivity index (χ1) is 7.24. The van der Waals surface area contributed by atoms with Crippen LogP contribution in [0, 0.1) is 5.92 Å². The fourth-order valence-electron chi connectivity index (χ4n) is 1.87. The standard InChI is InChI=1S/C15H22/c1-4-14(12-8-9-13(2)3)15-10-6-5-7-11-15/h4-7,10-11,13-14H,1,8-9,12H2,2-3H3. The van der Waals surface area contributed by atoms with Gasteiger partial charge in [0.05, 0.1) is 0 Å². The molecule has 0 spiro atoms. The third-order valence-electron chi connectivity index (χ3n) is 2.81. The van der Waals surface area contributed by atoms with E-state index >= 15 is 0 Å². The SMILES string of the molecule is C=CC(CCCC(C)C)c1ccccc1. The molecule has 0 bridgehead atoms. The number of allylic oxidation sites excluding steroid dienone is 1. The summed E-state index contributed by atoms with van der Waals surface area (Å²) >= 11 is 0. The molecule has 1 atom stereocenters. The Morgan fingerprint density at radius 2 is 1.80 bits per heavy atom. The lowest BCUT2D eigenvalue weighted by Gasteiger charge is -2.13. The van der Waals surface area contributed by atoms with Crippen LogP contribution in [-0.2, 0) is 0 Å². The van der Waals surface area contributed by atoms with Gasteiger partial charge in [0.2, 0.25) is 0 Å². The van der Waals surface area contributed by atoms with Crippen molar-refractivity contribution in [2.24, 2.45) is 5.92 Å². The van der Waals surface area contributed by atoms with Crippen molar-refractivity contribution in [1.82, 2.24) is 0 Å². The summed E-state index contributed by atoms with van der Waals surface area (Å²) in [5.74, 6) is 1.34. The Balaban J connectivity index is 2.46. The van der Waals surface area contributed by atoms with Gasteiger partial charge in [0.15, 0.2) is 0 Å². The van der Waals surface area contributed by atoms with Crippen molar-refractivity contribution in [3.05, 3.63) is 48.6 Å². The second kappa shape index (κ2) is 6.44. The monoisotopic (exact) mass is 202 g/mol. The van der Waals surface area contributed by atoms with E-state index in [1.165, 1.54) is 24.8 Å². The van der Waals surface area contributed by atoms with E-state index in [-0.39, 0.29) is 0 Å². The van der Waals surface area contributed by atoms with Gasteiger partial charge in [-0.15, -0.1) is 6.58 Å².